The standard InChI is InChI=1S/C23H39N5O3/c1-6-24-23(26-17-18(2)31-20-11-7-10-19(16-20)30-5)25-13-9-15-28-14-8-12-21(28)22(29)27(3)4/h7,10-11,16,18,21H,6,8-9,12-15,17H2,1-5H3,(H2,24,25,26). The van der Waals surface area contributed by atoms with Crippen molar-refractivity contribution < 1.29 is 14.3 Å². The minimum absolute atomic E-state index is 0.0338. The number of amides is 1. The maximum absolute atomic E-state index is 12.3. The lowest BCUT2D eigenvalue weighted by Gasteiger charge is -2.26. The van der Waals surface area contributed by atoms with Gasteiger partial charge in [0.2, 0.25) is 5.91 Å². The van der Waals surface area contributed by atoms with Gasteiger partial charge in [-0.3, -0.25) is 9.69 Å². The predicted molar refractivity (Wildman–Crippen MR) is 125 cm³/mol. The highest BCUT2D eigenvalue weighted by molar-refractivity contribution is 5.81. The van der Waals surface area contributed by atoms with Crippen molar-refractivity contribution in [1.82, 2.24) is 20.4 Å². The normalized spacial score (nSPS) is 17.8. The van der Waals surface area contributed by atoms with Crippen molar-refractivity contribution in [2.45, 2.75) is 45.3 Å². The first-order valence-electron chi connectivity index (χ1n) is 11.2. The van der Waals surface area contributed by atoms with Gasteiger partial charge in [0.05, 0.1) is 19.7 Å². The summed E-state index contributed by atoms with van der Waals surface area (Å²) >= 11 is 0. The third-order valence-corrected chi connectivity index (χ3v) is 5.23. The van der Waals surface area contributed by atoms with Crippen molar-refractivity contribution in [3.8, 4) is 11.5 Å². The Morgan fingerprint density at radius 1 is 1.32 bits per heavy atom. The maximum atomic E-state index is 12.3. The fraction of sp³-hybridized carbons (Fsp3) is 0.652. The molecule has 8 heteroatoms. The van der Waals surface area contributed by atoms with Crippen LogP contribution in [-0.4, -0.2) is 87.7 Å². The van der Waals surface area contributed by atoms with Crippen LogP contribution in [0.2, 0.25) is 0 Å². The third kappa shape index (κ3) is 8.28. The van der Waals surface area contributed by atoms with E-state index in [2.05, 4.69) is 27.4 Å². The molecule has 1 aromatic rings. The molecule has 1 fully saturated rings. The number of hydrogen-bond donors (Lipinski definition) is 2. The molecule has 1 aliphatic heterocycles. The minimum Gasteiger partial charge on any atom is -0.497 e. The van der Waals surface area contributed by atoms with Gasteiger partial charge in [0.15, 0.2) is 5.96 Å². The van der Waals surface area contributed by atoms with Crippen molar-refractivity contribution in [3.05, 3.63) is 24.3 Å². The zero-order valence-electron chi connectivity index (χ0n) is 19.7. The van der Waals surface area contributed by atoms with Gasteiger partial charge in [-0.15, -0.1) is 0 Å². The van der Waals surface area contributed by atoms with Gasteiger partial charge in [0.1, 0.15) is 17.6 Å². The summed E-state index contributed by atoms with van der Waals surface area (Å²) in [5, 5.41) is 6.67. The fourth-order valence-corrected chi connectivity index (χ4v) is 3.67. The molecule has 0 radical (unpaired) electrons. The third-order valence-electron chi connectivity index (χ3n) is 5.23. The minimum atomic E-state index is -0.0648. The number of ether oxygens (including phenoxy) is 2. The highest BCUT2D eigenvalue weighted by Crippen LogP contribution is 2.20. The van der Waals surface area contributed by atoms with Crippen LogP contribution in [-0.2, 0) is 4.79 Å². The largest absolute Gasteiger partial charge is 0.497 e. The van der Waals surface area contributed by atoms with E-state index in [1.54, 1.807) is 12.0 Å². The Labute approximate surface area is 187 Å². The quantitative estimate of drug-likeness (QED) is 0.316. The van der Waals surface area contributed by atoms with Gasteiger partial charge in [-0.2, -0.15) is 0 Å². The summed E-state index contributed by atoms with van der Waals surface area (Å²) in [4.78, 5) is 21.0. The van der Waals surface area contributed by atoms with Crippen LogP contribution < -0.4 is 20.1 Å². The molecule has 1 amide bonds. The van der Waals surface area contributed by atoms with Gasteiger partial charge in [-0.1, -0.05) is 6.07 Å². The molecule has 2 unspecified atom stereocenters. The van der Waals surface area contributed by atoms with E-state index in [1.807, 2.05) is 45.3 Å². The van der Waals surface area contributed by atoms with Crippen LogP contribution in [0.5, 0.6) is 11.5 Å². The van der Waals surface area contributed by atoms with E-state index < -0.39 is 0 Å². The molecule has 0 bridgehead atoms. The number of carbonyl (C=O) groups is 1. The lowest BCUT2D eigenvalue weighted by atomic mass is 10.2. The number of nitrogens with zero attached hydrogens (tertiary/aromatic N) is 3. The van der Waals surface area contributed by atoms with E-state index in [0.29, 0.717) is 6.54 Å². The van der Waals surface area contributed by atoms with Gasteiger partial charge in [0, 0.05) is 39.8 Å². The predicted octanol–water partition coefficient (Wildman–Crippen LogP) is 1.96. The number of likely N-dealkylation sites (N-methyl/N-ethyl adjacent to an activating group) is 1. The van der Waals surface area contributed by atoms with Crippen LogP contribution in [0.15, 0.2) is 29.3 Å². The van der Waals surface area contributed by atoms with Gasteiger partial charge >= 0.3 is 0 Å². The van der Waals surface area contributed by atoms with Gasteiger partial charge in [-0.25, -0.2) is 4.99 Å². The first-order valence-corrected chi connectivity index (χ1v) is 11.2. The summed E-state index contributed by atoms with van der Waals surface area (Å²) in [6.45, 7) is 8.09. The first kappa shape index (κ1) is 24.8. The topological polar surface area (TPSA) is 78.4 Å². The maximum Gasteiger partial charge on any atom is 0.239 e. The molecule has 2 rings (SSSR count). The second kappa shape index (κ2) is 13.0. The molecular weight excluding hydrogens is 394 g/mol. The number of benzene rings is 1. The van der Waals surface area contributed by atoms with Crippen LogP contribution in [0.3, 0.4) is 0 Å². The van der Waals surface area contributed by atoms with Gasteiger partial charge in [-0.05, 0) is 51.8 Å². The smallest absolute Gasteiger partial charge is 0.239 e. The zero-order valence-corrected chi connectivity index (χ0v) is 19.7. The number of aliphatic imine (C=N–C) groups is 1. The average Bonchev–Trinajstić information content (AvgIpc) is 3.22. The van der Waals surface area contributed by atoms with Crippen molar-refractivity contribution in [2.75, 3.05) is 53.9 Å². The molecule has 0 aromatic heterocycles. The Balaban J connectivity index is 1.77. The summed E-state index contributed by atoms with van der Waals surface area (Å²) in [7, 11) is 5.31. The number of nitrogens with one attached hydrogen (secondary N) is 2. The highest BCUT2D eigenvalue weighted by atomic mass is 16.5. The number of guanidine groups is 1. The van der Waals surface area contributed by atoms with Crippen LogP contribution in [0.25, 0.3) is 0 Å². The van der Waals surface area contributed by atoms with Gasteiger partial charge in [0.25, 0.3) is 0 Å². The Bertz CT molecular complexity index is 710. The molecule has 1 saturated heterocycles. The van der Waals surface area contributed by atoms with Crippen LogP contribution in [0.4, 0.5) is 0 Å². The molecule has 1 heterocycles. The van der Waals surface area contributed by atoms with Crippen molar-refractivity contribution in [2.24, 2.45) is 4.99 Å². The number of likely N-dealkylation sites (tertiary alicyclic amines) is 1. The molecule has 2 N–H and O–H groups in total. The SMILES string of the molecule is CCNC(=NCC(C)Oc1cccc(OC)c1)NCCCN1CCCC1C(=O)N(C)C. The highest BCUT2D eigenvalue weighted by Gasteiger charge is 2.30. The van der Waals surface area contributed by atoms with E-state index in [4.69, 9.17) is 9.47 Å². The van der Waals surface area contributed by atoms with Gasteiger partial charge < -0.3 is 25.0 Å². The molecule has 174 valence electrons. The number of methoxy groups -OCH3 is 1. The summed E-state index contributed by atoms with van der Waals surface area (Å²) in [6.07, 6.45) is 2.94. The van der Waals surface area contributed by atoms with E-state index in [9.17, 15) is 4.79 Å². The van der Waals surface area contributed by atoms with Crippen molar-refractivity contribution in [1.29, 1.82) is 0 Å². The Morgan fingerprint density at radius 3 is 2.81 bits per heavy atom. The molecule has 0 spiro atoms. The van der Waals surface area contributed by atoms with E-state index >= 15 is 0 Å². The summed E-state index contributed by atoms with van der Waals surface area (Å²) < 4.78 is 11.2. The number of carbonyl (C=O) groups excluding carboxylic acids is 1. The van der Waals surface area contributed by atoms with Crippen LogP contribution >= 0.6 is 0 Å². The lowest BCUT2D eigenvalue weighted by Crippen LogP contribution is -2.44. The summed E-state index contributed by atoms with van der Waals surface area (Å²) in [6, 6.07) is 7.62. The van der Waals surface area contributed by atoms with Crippen LogP contribution in [0.1, 0.15) is 33.1 Å². The number of rotatable bonds is 11. The molecule has 1 aliphatic rings. The van der Waals surface area contributed by atoms with Crippen molar-refractivity contribution >= 4 is 11.9 Å². The summed E-state index contributed by atoms with van der Waals surface area (Å²) in [5.74, 6) is 2.54. The molecule has 0 aliphatic carbocycles. The molecule has 2 atom stereocenters. The van der Waals surface area contributed by atoms with Crippen LogP contribution in [0, 0.1) is 0 Å². The Hall–Kier alpha value is -2.48. The monoisotopic (exact) mass is 433 g/mol. The molecule has 0 saturated carbocycles. The van der Waals surface area contributed by atoms with E-state index in [0.717, 1.165) is 62.9 Å². The molecular formula is C23H39N5O3. The Morgan fingerprint density at radius 2 is 2.10 bits per heavy atom. The lowest BCUT2D eigenvalue weighted by molar-refractivity contribution is -0.133. The van der Waals surface area contributed by atoms with Crippen molar-refractivity contribution in [3.63, 3.8) is 0 Å². The fourth-order valence-electron chi connectivity index (χ4n) is 3.67. The number of hydrogen-bond acceptors (Lipinski definition) is 5. The van der Waals surface area contributed by atoms with E-state index in [1.165, 1.54) is 0 Å². The summed E-state index contributed by atoms with van der Waals surface area (Å²) in [5.41, 5.74) is 0. The molecule has 31 heavy (non-hydrogen) atoms. The van der Waals surface area contributed by atoms with E-state index in [-0.39, 0.29) is 18.1 Å². The second-order valence-electron chi connectivity index (χ2n) is 8.03. The Kier molecular flexibility index (Phi) is 10.4. The molecule has 8 nitrogen and oxygen atoms in total. The first-order chi connectivity index (χ1) is 14.9. The second-order valence-corrected chi connectivity index (χ2v) is 8.03. The molecule has 1 aromatic carbocycles. The average molecular weight is 434 g/mol. The zero-order chi connectivity index (χ0) is 22.6.